The van der Waals surface area contributed by atoms with Gasteiger partial charge in [0, 0.05) is 25.1 Å². The van der Waals surface area contributed by atoms with Gasteiger partial charge in [-0.1, -0.05) is 45.0 Å². The van der Waals surface area contributed by atoms with Crippen molar-refractivity contribution in [2.75, 3.05) is 6.54 Å². The van der Waals surface area contributed by atoms with Crippen molar-refractivity contribution in [3.63, 3.8) is 0 Å². The number of thiazole rings is 1. The Morgan fingerprint density at radius 2 is 1.80 bits per heavy atom. The van der Waals surface area contributed by atoms with Gasteiger partial charge in [0.05, 0.1) is 22.2 Å². The summed E-state index contributed by atoms with van der Waals surface area (Å²) in [4.78, 5) is 46.5. The monoisotopic (exact) mass is 566 g/mol. The summed E-state index contributed by atoms with van der Waals surface area (Å²) in [6, 6.07) is 9.49. The largest absolute Gasteiger partial charge is 0.504 e. The fourth-order valence-corrected chi connectivity index (χ4v) is 5.47. The maximum atomic E-state index is 13.7. The van der Waals surface area contributed by atoms with E-state index in [2.05, 4.69) is 15.6 Å². The number of β-amino-alcohol motifs (C(OH)–C–C–N with tert-alkyl or cyclic N) is 1. The zero-order valence-electron chi connectivity index (χ0n) is 22.8. The predicted molar refractivity (Wildman–Crippen MR) is 151 cm³/mol. The van der Waals surface area contributed by atoms with E-state index in [0.29, 0.717) is 0 Å². The summed E-state index contributed by atoms with van der Waals surface area (Å²) in [6.45, 7) is 7.51. The lowest BCUT2D eigenvalue weighted by molar-refractivity contribution is -0.142. The molecule has 0 bridgehead atoms. The van der Waals surface area contributed by atoms with Crippen LogP contribution in [0, 0.1) is 12.3 Å². The normalized spacial score (nSPS) is 17.9. The van der Waals surface area contributed by atoms with Crippen LogP contribution < -0.4 is 10.6 Å². The number of aromatic hydroxyl groups is 2. The van der Waals surface area contributed by atoms with Crippen LogP contribution in [-0.2, 0) is 16.1 Å². The molecule has 5 N–H and O–H groups in total. The predicted octanol–water partition coefficient (Wildman–Crippen LogP) is 2.95. The van der Waals surface area contributed by atoms with Crippen LogP contribution in [0.3, 0.4) is 0 Å². The number of carbonyl (C=O) groups excluding carboxylic acids is 3. The molecule has 3 atom stereocenters. The van der Waals surface area contributed by atoms with Gasteiger partial charge in [-0.05, 0) is 41.7 Å². The molecule has 0 saturated carbocycles. The Morgan fingerprint density at radius 1 is 1.10 bits per heavy atom. The lowest BCUT2D eigenvalue weighted by Gasteiger charge is -2.35. The van der Waals surface area contributed by atoms with E-state index >= 15 is 0 Å². The SMILES string of the molecule is Cc1ncsc1-c1ccc(CNC(=O)[C@@H]2C[C@@H](O)CN2C(=O)C(NC(=O)c2ccc(O)c(O)c2)C(C)(C)C)cc1. The molecule has 0 radical (unpaired) electrons. The molecular weight excluding hydrogens is 532 g/mol. The van der Waals surface area contributed by atoms with Crippen LogP contribution in [0.4, 0.5) is 0 Å². The summed E-state index contributed by atoms with van der Waals surface area (Å²) in [7, 11) is 0. The van der Waals surface area contributed by atoms with Crippen molar-refractivity contribution in [2.24, 2.45) is 5.41 Å². The molecule has 1 aliphatic heterocycles. The van der Waals surface area contributed by atoms with Crippen LogP contribution in [0.2, 0.25) is 0 Å². The number of nitrogens with one attached hydrogen (secondary N) is 2. The van der Waals surface area contributed by atoms with Crippen molar-refractivity contribution in [3.8, 4) is 21.9 Å². The number of phenolic OH excluding ortho intramolecular Hbond substituents is 2. The van der Waals surface area contributed by atoms with Crippen molar-refractivity contribution < 1.29 is 29.7 Å². The van der Waals surface area contributed by atoms with Crippen LogP contribution in [0.1, 0.15) is 48.8 Å². The first-order valence-electron chi connectivity index (χ1n) is 12.9. The van der Waals surface area contributed by atoms with Crippen LogP contribution in [-0.4, -0.2) is 67.7 Å². The number of carbonyl (C=O) groups is 3. The van der Waals surface area contributed by atoms with Gasteiger partial charge in [0.1, 0.15) is 12.1 Å². The highest BCUT2D eigenvalue weighted by molar-refractivity contribution is 7.13. The molecule has 4 rings (SSSR count). The molecule has 1 saturated heterocycles. The number of phenols is 2. The molecule has 40 heavy (non-hydrogen) atoms. The summed E-state index contributed by atoms with van der Waals surface area (Å²) < 4.78 is 0. The van der Waals surface area contributed by atoms with E-state index < -0.39 is 47.1 Å². The number of amides is 3. The summed E-state index contributed by atoms with van der Waals surface area (Å²) in [5, 5.41) is 35.3. The highest BCUT2D eigenvalue weighted by atomic mass is 32.1. The second-order valence-corrected chi connectivity index (χ2v) is 11.9. The van der Waals surface area contributed by atoms with Crippen LogP contribution in [0.25, 0.3) is 10.4 Å². The Labute approximate surface area is 236 Å². The molecule has 1 aromatic heterocycles. The summed E-state index contributed by atoms with van der Waals surface area (Å²) >= 11 is 1.56. The van der Waals surface area contributed by atoms with Gasteiger partial charge in [-0.25, -0.2) is 4.98 Å². The third kappa shape index (κ3) is 6.43. The van der Waals surface area contributed by atoms with Gasteiger partial charge in [0.25, 0.3) is 5.91 Å². The summed E-state index contributed by atoms with van der Waals surface area (Å²) in [5.74, 6) is -2.34. The number of aryl methyl sites for hydroxylation is 1. The fourth-order valence-electron chi connectivity index (χ4n) is 4.66. The Balaban J connectivity index is 1.45. The standard InChI is InChI=1S/C29H34N4O6S/c1-16-24(40-15-31-16)18-7-5-17(6-8-18)13-30-27(38)21-12-20(34)14-33(21)28(39)25(29(2,3)4)32-26(37)19-9-10-22(35)23(36)11-19/h5-11,15,20-21,25,34-36H,12-14H2,1-4H3,(H,30,38)(H,32,37)/t20-,21+,25?/m1/s1. The van der Waals surface area contributed by atoms with Crippen molar-refractivity contribution in [1.82, 2.24) is 20.5 Å². The van der Waals surface area contributed by atoms with Gasteiger partial charge in [-0.2, -0.15) is 0 Å². The second-order valence-electron chi connectivity index (χ2n) is 11.1. The molecule has 1 unspecified atom stereocenters. The first-order chi connectivity index (χ1) is 18.8. The average molecular weight is 567 g/mol. The van der Waals surface area contributed by atoms with Gasteiger partial charge in [-0.15, -0.1) is 11.3 Å². The molecule has 212 valence electrons. The van der Waals surface area contributed by atoms with E-state index in [-0.39, 0.29) is 30.8 Å². The molecule has 11 heteroatoms. The molecule has 0 aliphatic carbocycles. The van der Waals surface area contributed by atoms with E-state index in [0.717, 1.165) is 27.8 Å². The summed E-state index contributed by atoms with van der Waals surface area (Å²) in [5.41, 5.74) is 4.01. The number of hydrogen-bond acceptors (Lipinski definition) is 8. The minimum atomic E-state index is -1.03. The topological polar surface area (TPSA) is 152 Å². The first-order valence-corrected chi connectivity index (χ1v) is 13.8. The molecule has 0 spiro atoms. The second kappa shape index (κ2) is 11.6. The van der Waals surface area contributed by atoms with E-state index in [9.17, 15) is 29.7 Å². The van der Waals surface area contributed by atoms with Crippen molar-refractivity contribution in [1.29, 1.82) is 0 Å². The number of aliphatic hydroxyl groups excluding tert-OH is 1. The Hall–Kier alpha value is -3.96. The van der Waals surface area contributed by atoms with Gasteiger partial charge in [0.2, 0.25) is 11.8 Å². The third-order valence-corrected chi connectivity index (χ3v) is 7.90. The molecular formula is C29H34N4O6S. The van der Waals surface area contributed by atoms with Gasteiger partial charge in [-0.3, -0.25) is 14.4 Å². The molecule has 10 nitrogen and oxygen atoms in total. The Kier molecular flexibility index (Phi) is 8.45. The molecule has 1 aliphatic rings. The molecule has 2 aromatic carbocycles. The van der Waals surface area contributed by atoms with E-state index in [1.54, 1.807) is 37.6 Å². The summed E-state index contributed by atoms with van der Waals surface area (Å²) in [6.07, 6.45) is -0.801. The molecule has 1 fully saturated rings. The smallest absolute Gasteiger partial charge is 0.252 e. The van der Waals surface area contributed by atoms with Gasteiger partial charge in [0.15, 0.2) is 11.5 Å². The number of benzene rings is 2. The van der Waals surface area contributed by atoms with Crippen LogP contribution in [0.15, 0.2) is 48.0 Å². The average Bonchev–Trinajstić information content (AvgIpc) is 3.52. The number of hydrogen-bond donors (Lipinski definition) is 5. The lowest BCUT2D eigenvalue weighted by atomic mass is 9.85. The number of aromatic nitrogens is 1. The lowest BCUT2D eigenvalue weighted by Crippen LogP contribution is -2.57. The van der Waals surface area contributed by atoms with Crippen LogP contribution >= 0.6 is 11.3 Å². The highest BCUT2D eigenvalue weighted by Crippen LogP contribution is 2.29. The minimum Gasteiger partial charge on any atom is -0.504 e. The maximum Gasteiger partial charge on any atom is 0.252 e. The van der Waals surface area contributed by atoms with Crippen molar-refractivity contribution >= 4 is 29.1 Å². The quantitative estimate of drug-likeness (QED) is 0.276. The molecule has 3 aromatic rings. The Morgan fingerprint density at radius 3 is 2.40 bits per heavy atom. The Bertz CT molecular complexity index is 1400. The number of nitrogens with zero attached hydrogens (tertiary/aromatic N) is 2. The zero-order valence-corrected chi connectivity index (χ0v) is 23.7. The highest BCUT2D eigenvalue weighted by Gasteiger charge is 2.44. The van der Waals surface area contributed by atoms with E-state index in [4.69, 9.17) is 0 Å². The third-order valence-electron chi connectivity index (χ3n) is 6.92. The van der Waals surface area contributed by atoms with Gasteiger partial charge >= 0.3 is 0 Å². The van der Waals surface area contributed by atoms with Crippen molar-refractivity contribution in [2.45, 2.75) is 58.8 Å². The van der Waals surface area contributed by atoms with Gasteiger partial charge < -0.3 is 30.9 Å². The number of rotatable bonds is 7. The number of likely N-dealkylation sites (tertiary alicyclic amines) is 1. The fraction of sp³-hybridized carbons (Fsp3) is 0.379. The van der Waals surface area contributed by atoms with Crippen molar-refractivity contribution in [3.05, 3.63) is 64.8 Å². The van der Waals surface area contributed by atoms with E-state index in [1.807, 2.05) is 31.2 Å². The minimum absolute atomic E-state index is 0.0394. The molecule has 3 amide bonds. The first kappa shape index (κ1) is 29.0. The molecule has 2 heterocycles. The van der Waals surface area contributed by atoms with Crippen LogP contribution in [0.5, 0.6) is 11.5 Å². The maximum absolute atomic E-state index is 13.7. The van der Waals surface area contributed by atoms with E-state index in [1.165, 1.54) is 17.0 Å². The number of aliphatic hydroxyl groups is 1. The zero-order chi connectivity index (χ0) is 29.2.